The van der Waals surface area contributed by atoms with Gasteiger partial charge in [-0.1, -0.05) is 0 Å². The summed E-state index contributed by atoms with van der Waals surface area (Å²) in [6, 6.07) is -2.97. The highest BCUT2D eigenvalue weighted by molar-refractivity contribution is 5.91. The maximum atomic E-state index is 11.9. The smallest absolute Gasteiger partial charge is 0.342 e. The van der Waals surface area contributed by atoms with E-state index in [-0.39, 0.29) is 18.9 Å². The van der Waals surface area contributed by atoms with Gasteiger partial charge in [0.05, 0.1) is 25.4 Å². The minimum absolute atomic E-state index is 0.0248. The molecule has 6 N–H and O–H groups in total. The molecule has 1 heterocycles. The minimum atomic E-state index is -1.65. The predicted molar refractivity (Wildman–Crippen MR) is 91.0 cm³/mol. The van der Waals surface area contributed by atoms with E-state index in [1.54, 1.807) is 6.92 Å². The van der Waals surface area contributed by atoms with E-state index in [2.05, 4.69) is 10.3 Å². The number of nitrogens with two attached hydrogens (primary N) is 1. The molecule has 1 aromatic rings. The number of hydrogen-bond acceptors (Lipinski definition) is 8. The first kappa shape index (κ1) is 22.5. The number of rotatable bonds is 11. The Morgan fingerprint density at radius 3 is 2.50 bits per heavy atom. The molecular weight excluding hydrogens is 380 g/mol. The Balaban J connectivity index is 2.51. The highest BCUT2D eigenvalue weighted by Gasteiger charge is 2.25. The van der Waals surface area contributed by atoms with Crippen molar-refractivity contribution in [1.82, 2.24) is 20.2 Å². The Morgan fingerprint density at radius 1 is 1.32 bits per heavy atom. The van der Waals surface area contributed by atoms with E-state index in [1.807, 2.05) is 5.32 Å². The van der Waals surface area contributed by atoms with Gasteiger partial charge in [0.15, 0.2) is 5.82 Å². The zero-order chi connectivity index (χ0) is 21.4. The number of carboxylic acid groups (broad SMARTS) is 2. The number of nitrogens with one attached hydrogen (secondary N) is 2. The lowest BCUT2D eigenvalue weighted by Gasteiger charge is -2.15. The van der Waals surface area contributed by atoms with Crippen molar-refractivity contribution in [2.45, 2.75) is 38.4 Å². The van der Waals surface area contributed by atoms with E-state index >= 15 is 0 Å². The Kier molecular flexibility index (Phi) is 8.00. The number of amides is 2. The zero-order valence-electron chi connectivity index (χ0n) is 14.8. The van der Waals surface area contributed by atoms with Crippen LogP contribution in [0.2, 0.25) is 0 Å². The van der Waals surface area contributed by atoms with Crippen LogP contribution < -0.4 is 16.4 Å². The van der Waals surface area contributed by atoms with Crippen LogP contribution in [0.5, 0.6) is 0 Å². The summed E-state index contributed by atoms with van der Waals surface area (Å²) in [5.74, 6) is -4.46. The number of aliphatic carboxylic acids is 2. The Hall–Kier alpha value is -3.55. The van der Waals surface area contributed by atoms with Crippen molar-refractivity contribution in [2.75, 3.05) is 6.54 Å². The average Bonchev–Trinajstić information content (AvgIpc) is 2.94. The van der Waals surface area contributed by atoms with Gasteiger partial charge in [0.2, 0.25) is 11.8 Å². The van der Waals surface area contributed by atoms with Gasteiger partial charge in [-0.25, -0.2) is 14.3 Å². The van der Waals surface area contributed by atoms with Crippen LogP contribution in [0.15, 0.2) is 6.20 Å². The van der Waals surface area contributed by atoms with Crippen LogP contribution in [0, 0.1) is 17.0 Å². The van der Waals surface area contributed by atoms with E-state index in [4.69, 9.17) is 15.9 Å². The molecule has 0 radical (unpaired) electrons. The molecule has 0 aromatic carbocycles. The van der Waals surface area contributed by atoms with Gasteiger partial charge in [-0.15, -0.1) is 0 Å². The Morgan fingerprint density at radius 2 is 1.96 bits per heavy atom. The van der Waals surface area contributed by atoms with Gasteiger partial charge in [-0.3, -0.25) is 14.4 Å². The maximum absolute atomic E-state index is 11.9. The van der Waals surface area contributed by atoms with Gasteiger partial charge in [0.1, 0.15) is 18.8 Å². The molecule has 0 saturated carbocycles. The van der Waals surface area contributed by atoms with Gasteiger partial charge in [-0.2, -0.15) is 0 Å². The fraction of sp³-hybridized carbons (Fsp3) is 0.500. The number of aryl methyl sites for hydroxylation is 1. The molecule has 28 heavy (non-hydrogen) atoms. The average molecular weight is 400 g/mol. The standard InChI is InChI=1S/C14H20N6O8/c1-7-17-6-11(20(27)28)19(7)3-2-16-13(24)8(15)4-10(21)18-9(14(25)26)5-12(22)23/h6,8-9H,2-5,15H2,1H3,(H,16,24)(H,18,21)(H,22,23)(H,25,26). The third-order valence-electron chi connectivity index (χ3n) is 3.61. The quantitative estimate of drug-likeness (QED) is 0.202. The van der Waals surface area contributed by atoms with Crippen LogP contribution in [0.4, 0.5) is 5.82 Å². The molecule has 14 heteroatoms. The summed E-state index contributed by atoms with van der Waals surface area (Å²) >= 11 is 0. The fourth-order valence-corrected chi connectivity index (χ4v) is 2.22. The molecule has 14 nitrogen and oxygen atoms in total. The van der Waals surface area contributed by atoms with Gasteiger partial charge in [0.25, 0.3) is 0 Å². The van der Waals surface area contributed by atoms with Crippen molar-refractivity contribution in [1.29, 1.82) is 0 Å². The number of carbonyl (C=O) groups excluding carboxylic acids is 2. The van der Waals surface area contributed by atoms with Crippen molar-refractivity contribution in [2.24, 2.45) is 5.73 Å². The molecule has 154 valence electrons. The van der Waals surface area contributed by atoms with Crippen LogP contribution in [0.25, 0.3) is 0 Å². The van der Waals surface area contributed by atoms with Crippen LogP contribution in [0.1, 0.15) is 18.7 Å². The highest BCUT2D eigenvalue weighted by Crippen LogP contribution is 2.12. The van der Waals surface area contributed by atoms with E-state index < -0.39 is 53.6 Å². The summed E-state index contributed by atoms with van der Waals surface area (Å²) in [6.07, 6.45) is -0.311. The van der Waals surface area contributed by atoms with Crippen molar-refractivity contribution in [3.05, 3.63) is 22.1 Å². The van der Waals surface area contributed by atoms with Crippen molar-refractivity contribution >= 4 is 29.6 Å². The van der Waals surface area contributed by atoms with Gasteiger partial charge in [0, 0.05) is 6.92 Å². The largest absolute Gasteiger partial charge is 0.481 e. The molecule has 0 bridgehead atoms. The molecule has 0 spiro atoms. The third kappa shape index (κ3) is 6.64. The normalized spacial score (nSPS) is 12.6. The summed E-state index contributed by atoms with van der Waals surface area (Å²) < 4.78 is 1.28. The van der Waals surface area contributed by atoms with E-state index in [9.17, 15) is 29.3 Å². The summed E-state index contributed by atoms with van der Waals surface area (Å²) in [5, 5.41) is 32.7. The molecule has 2 unspecified atom stereocenters. The van der Waals surface area contributed by atoms with E-state index in [0.717, 1.165) is 6.20 Å². The molecule has 0 aliphatic carbocycles. The Bertz CT molecular complexity index is 776. The molecule has 1 aromatic heterocycles. The molecule has 1 rings (SSSR count). The predicted octanol–water partition coefficient (Wildman–Crippen LogP) is -2.02. The molecule has 2 amide bonds. The minimum Gasteiger partial charge on any atom is -0.481 e. The monoisotopic (exact) mass is 400 g/mol. The molecule has 0 fully saturated rings. The zero-order valence-corrected chi connectivity index (χ0v) is 14.8. The van der Waals surface area contributed by atoms with Gasteiger partial charge >= 0.3 is 17.8 Å². The van der Waals surface area contributed by atoms with Gasteiger partial charge in [-0.05, 0) is 4.92 Å². The molecular formula is C14H20N6O8. The van der Waals surface area contributed by atoms with E-state index in [1.165, 1.54) is 4.57 Å². The Labute approximate surface area is 157 Å². The number of hydrogen-bond donors (Lipinski definition) is 5. The summed E-state index contributed by atoms with van der Waals surface area (Å²) in [6.45, 7) is 1.58. The van der Waals surface area contributed by atoms with Gasteiger partial charge < -0.3 is 36.7 Å². The van der Waals surface area contributed by atoms with E-state index in [0.29, 0.717) is 5.82 Å². The van der Waals surface area contributed by atoms with Crippen LogP contribution in [-0.2, 0) is 25.7 Å². The topological polar surface area (TPSA) is 220 Å². The number of nitrogens with zero attached hydrogens (tertiary/aromatic N) is 3. The lowest BCUT2D eigenvalue weighted by molar-refractivity contribution is -0.392. The first-order valence-electron chi connectivity index (χ1n) is 7.96. The van der Waals surface area contributed by atoms with Crippen molar-refractivity contribution < 1.29 is 34.3 Å². The SMILES string of the molecule is Cc1ncc([N+](=O)[O-])n1CCNC(=O)C(N)CC(=O)NC(CC(=O)O)C(=O)O. The number of carbonyl (C=O) groups is 4. The van der Waals surface area contributed by atoms with Crippen LogP contribution >= 0.6 is 0 Å². The summed E-state index contributed by atoms with van der Waals surface area (Å²) in [5.41, 5.74) is 5.57. The third-order valence-corrected chi connectivity index (χ3v) is 3.61. The summed E-state index contributed by atoms with van der Waals surface area (Å²) in [7, 11) is 0. The van der Waals surface area contributed by atoms with Crippen LogP contribution in [-0.4, -0.2) is 67.1 Å². The lowest BCUT2D eigenvalue weighted by atomic mass is 10.1. The second-order valence-electron chi connectivity index (χ2n) is 5.73. The number of aromatic nitrogens is 2. The molecule has 0 aliphatic rings. The lowest BCUT2D eigenvalue weighted by Crippen LogP contribution is -2.48. The number of imidazole rings is 1. The van der Waals surface area contributed by atoms with Crippen molar-refractivity contribution in [3.63, 3.8) is 0 Å². The highest BCUT2D eigenvalue weighted by atomic mass is 16.6. The molecule has 2 atom stereocenters. The number of carboxylic acids is 2. The van der Waals surface area contributed by atoms with Crippen molar-refractivity contribution in [3.8, 4) is 0 Å². The maximum Gasteiger partial charge on any atom is 0.342 e. The first-order chi connectivity index (χ1) is 13.0. The molecule has 0 aliphatic heterocycles. The molecule has 0 saturated heterocycles. The first-order valence-corrected chi connectivity index (χ1v) is 7.96. The van der Waals surface area contributed by atoms with Crippen LogP contribution in [0.3, 0.4) is 0 Å². The second-order valence-corrected chi connectivity index (χ2v) is 5.73. The number of nitro groups is 1. The second kappa shape index (κ2) is 9.96. The summed E-state index contributed by atoms with van der Waals surface area (Å²) in [4.78, 5) is 59.2. The fourth-order valence-electron chi connectivity index (χ4n) is 2.22.